The van der Waals surface area contributed by atoms with Crippen LogP contribution in [0.4, 0.5) is 0 Å². The maximum absolute atomic E-state index is 10.6. The van der Waals surface area contributed by atoms with Crippen LogP contribution in [-0.2, 0) is 20.7 Å². The van der Waals surface area contributed by atoms with Gasteiger partial charge in [0.1, 0.15) is 12.4 Å². The molecule has 1 atom stereocenters. The van der Waals surface area contributed by atoms with Gasteiger partial charge in [0.05, 0.1) is 11.4 Å². The summed E-state index contributed by atoms with van der Waals surface area (Å²) in [5, 5.41) is 9.00. The van der Waals surface area contributed by atoms with Gasteiger partial charge in [-0.15, -0.1) is 9.24 Å². The summed E-state index contributed by atoms with van der Waals surface area (Å²) in [6.07, 6.45) is 4.52. The molecule has 0 aliphatic carbocycles. The zero-order chi connectivity index (χ0) is 22.6. The van der Waals surface area contributed by atoms with E-state index in [9.17, 15) is 4.79 Å². The van der Waals surface area contributed by atoms with Gasteiger partial charge in [0.15, 0.2) is 12.1 Å². The fraction of sp³-hybridized carbons (Fsp3) is 0.174. The second kappa shape index (κ2) is 11.8. The average Bonchev–Trinajstić information content (AvgIpc) is 3.38. The monoisotopic (exact) mass is 423 g/mol. The Morgan fingerprint density at radius 1 is 0.933 bits per heavy atom. The lowest BCUT2D eigenvalue weighted by Gasteiger charge is -1.92. The Labute approximate surface area is 180 Å². The number of rotatable bonds is 4. The first-order valence-electron chi connectivity index (χ1n) is 9.96. The predicted octanol–water partition coefficient (Wildman–Crippen LogP) is 3.97. The number of hydrogen-bond donors (Lipinski definition) is 1. The van der Waals surface area contributed by atoms with E-state index in [0.29, 0.717) is 18.3 Å². The quantitative estimate of drug-likeness (QED) is 0.398. The Balaban J connectivity index is 0.000000196. The van der Waals surface area contributed by atoms with Gasteiger partial charge in [-0.1, -0.05) is 67.3 Å². The van der Waals surface area contributed by atoms with Crippen molar-refractivity contribution in [2.24, 2.45) is 14.1 Å². The van der Waals surface area contributed by atoms with Crippen LogP contribution in [0.3, 0.4) is 0 Å². The van der Waals surface area contributed by atoms with Crippen molar-refractivity contribution in [2.45, 2.75) is 6.61 Å². The maximum Gasteiger partial charge on any atom is 0.185 e. The fourth-order valence-corrected chi connectivity index (χ4v) is 2.74. The van der Waals surface area contributed by atoms with Crippen LogP contribution in [0.2, 0.25) is 0 Å². The Morgan fingerprint density at radius 2 is 1.40 bits per heavy atom. The molecule has 0 radical (unpaired) electrons. The highest BCUT2D eigenvalue weighted by molar-refractivity contribution is 7.15. The second-order valence-corrected chi connectivity index (χ2v) is 6.26. The molecule has 1 unspecified atom stereocenters. The largest absolute Gasteiger partial charge is 0.388 e. The molecule has 0 amide bonds. The highest BCUT2D eigenvalue weighted by atomic mass is 31.0. The number of nitrogens with zero attached hydrogens (tertiary/aromatic N) is 4. The lowest BCUT2D eigenvalue weighted by molar-refractivity contribution is 0.111. The van der Waals surface area contributed by atoms with Gasteiger partial charge in [0.25, 0.3) is 0 Å². The summed E-state index contributed by atoms with van der Waals surface area (Å²) in [5.41, 5.74) is 3.83. The van der Waals surface area contributed by atoms with E-state index in [4.69, 9.17) is 6.48 Å². The topological polar surface area (TPSA) is 72.9 Å². The molecule has 4 rings (SSSR count). The van der Waals surface area contributed by atoms with Gasteiger partial charge in [-0.05, 0) is 0 Å². The Hall–Kier alpha value is -3.08. The first-order valence-corrected chi connectivity index (χ1v) is 10.1. The van der Waals surface area contributed by atoms with Gasteiger partial charge in [-0.25, -0.2) is 9.97 Å². The Morgan fingerprint density at radius 3 is 1.80 bits per heavy atom. The van der Waals surface area contributed by atoms with Crippen molar-refractivity contribution >= 4 is 15.5 Å². The third-order valence-electron chi connectivity index (χ3n) is 4.27. The highest BCUT2D eigenvalue weighted by Gasteiger charge is 2.05. The molecule has 0 aliphatic rings. The molecule has 2 heterocycles. The SMILES string of the molecule is Cn1cc(-c2ccccc2)nc1C=O.Cn1cc(-c2ccccc2)nc1CO.[2H]CP. The van der Waals surface area contributed by atoms with Crippen LogP contribution in [0.15, 0.2) is 73.1 Å². The molecule has 156 valence electrons. The number of benzene rings is 2. The second-order valence-electron chi connectivity index (χ2n) is 6.26. The standard InChI is InChI=1S/C11H12N2O.C11H10N2O.CH5P/c2*1-13-7-10(12-11(13)8-14)9-5-3-2-4-6-9;1-2/h2-7,14H,8H2,1H3;2-8H,1H3;2H2,1H3/i;;1D. The van der Waals surface area contributed by atoms with Crippen LogP contribution in [0.25, 0.3) is 22.5 Å². The smallest absolute Gasteiger partial charge is 0.185 e. The minimum absolute atomic E-state index is 0.0245. The lowest BCUT2D eigenvalue weighted by Crippen LogP contribution is -1.94. The molecule has 0 aliphatic heterocycles. The average molecular weight is 423 g/mol. The fourth-order valence-electron chi connectivity index (χ4n) is 2.74. The molecule has 30 heavy (non-hydrogen) atoms. The number of aromatic nitrogens is 4. The zero-order valence-corrected chi connectivity index (χ0v) is 18.3. The molecule has 7 heteroatoms. The molecular formula is C23H27N4O2P. The molecule has 4 aromatic rings. The van der Waals surface area contributed by atoms with Gasteiger partial charge in [0.2, 0.25) is 0 Å². The third-order valence-corrected chi connectivity index (χ3v) is 4.27. The van der Waals surface area contributed by atoms with Crippen molar-refractivity contribution in [2.75, 3.05) is 6.64 Å². The van der Waals surface area contributed by atoms with E-state index < -0.39 is 0 Å². The van der Waals surface area contributed by atoms with E-state index in [1.54, 1.807) is 4.57 Å². The number of aliphatic hydroxyl groups excluding tert-OH is 1. The molecule has 6 nitrogen and oxygen atoms in total. The van der Waals surface area contributed by atoms with Crippen molar-refractivity contribution in [1.29, 1.82) is 0 Å². The highest BCUT2D eigenvalue weighted by Crippen LogP contribution is 2.18. The van der Waals surface area contributed by atoms with E-state index in [2.05, 4.69) is 19.2 Å². The summed E-state index contributed by atoms with van der Waals surface area (Å²) in [7, 11) is 5.93. The number of hydrogen-bond acceptors (Lipinski definition) is 4. The molecular weight excluding hydrogens is 395 g/mol. The van der Waals surface area contributed by atoms with E-state index in [1.165, 1.54) is 0 Å². The minimum atomic E-state index is -0.0245. The van der Waals surface area contributed by atoms with Crippen LogP contribution in [-0.4, -0.2) is 37.1 Å². The lowest BCUT2D eigenvalue weighted by atomic mass is 10.2. The Bertz CT molecular complexity index is 1070. The summed E-state index contributed by atoms with van der Waals surface area (Å²) in [4.78, 5) is 19.1. The number of aliphatic hydroxyl groups is 1. The van der Waals surface area contributed by atoms with Crippen molar-refractivity contribution < 1.29 is 11.3 Å². The molecule has 0 fully saturated rings. The molecule has 0 spiro atoms. The van der Waals surface area contributed by atoms with Crippen LogP contribution < -0.4 is 0 Å². The van der Waals surface area contributed by atoms with Crippen molar-refractivity contribution in [3.8, 4) is 22.5 Å². The van der Waals surface area contributed by atoms with E-state index in [1.807, 2.05) is 91.7 Å². The van der Waals surface area contributed by atoms with Crippen molar-refractivity contribution in [3.63, 3.8) is 0 Å². The predicted molar refractivity (Wildman–Crippen MR) is 124 cm³/mol. The third kappa shape index (κ3) is 5.96. The number of aldehydes is 1. The first kappa shape index (κ1) is 21.6. The van der Waals surface area contributed by atoms with E-state index in [0.717, 1.165) is 28.8 Å². The molecule has 0 saturated carbocycles. The molecule has 0 saturated heterocycles. The minimum Gasteiger partial charge on any atom is -0.388 e. The Kier molecular flexibility index (Phi) is 8.51. The summed E-state index contributed by atoms with van der Waals surface area (Å²) in [6, 6.07) is 19.7. The van der Waals surface area contributed by atoms with Crippen LogP contribution in [0.1, 0.15) is 17.8 Å². The number of carbonyl (C=O) groups excluding carboxylic acids is 1. The van der Waals surface area contributed by atoms with Crippen LogP contribution in [0.5, 0.6) is 0 Å². The molecule has 2 aromatic carbocycles. The van der Waals surface area contributed by atoms with Gasteiger partial charge in [-0.3, -0.25) is 4.79 Å². The molecule has 0 bridgehead atoms. The molecule has 1 N–H and O–H groups in total. The summed E-state index contributed by atoms with van der Waals surface area (Å²) in [6.45, 7) is 0.392. The zero-order valence-electron chi connectivity index (χ0n) is 18.1. The summed E-state index contributed by atoms with van der Waals surface area (Å²) in [5.74, 6) is 1.13. The first-order chi connectivity index (χ1) is 15.0. The van der Waals surface area contributed by atoms with Gasteiger partial charge in [-0.2, -0.15) is 0 Å². The van der Waals surface area contributed by atoms with Crippen LogP contribution >= 0.6 is 9.24 Å². The van der Waals surface area contributed by atoms with Gasteiger partial charge in [0, 0.05) is 39.0 Å². The van der Waals surface area contributed by atoms with Crippen molar-refractivity contribution in [3.05, 3.63) is 84.7 Å². The number of carbonyl (C=O) groups is 1. The van der Waals surface area contributed by atoms with E-state index >= 15 is 0 Å². The number of imidazole rings is 2. The van der Waals surface area contributed by atoms with E-state index in [-0.39, 0.29) is 6.61 Å². The molecule has 2 aromatic heterocycles. The van der Waals surface area contributed by atoms with Crippen molar-refractivity contribution in [1.82, 2.24) is 19.1 Å². The summed E-state index contributed by atoms with van der Waals surface area (Å²) < 4.78 is 9.72. The van der Waals surface area contributed by atoms with Gasteiger partial charge < -0.3 is 14.2 Å². The number of aryl methyl sites for hydroxylation is 2. The summed E-state index contributed by atoms with van der Waals surface area (Å²) >= 11 is 0. The van der Waals surface area contributed by atoms with Gasteiger partial charge >= 0.3 is 0 Å². The maximum atomic E-state index is 10.6. The normalized spacial score (nSPS) is 10.2. The van der Waals surface area contributed by atoms with Crippen LogP contribution in [0, 0.1) is 0 Å².